The summed E-state index contributed by atoms with van der Waals surface area (Å²) in [5, 5.41) is 0. The van der Waals surface area contributed by atoms with Gasteiger partial charge in [-0.05, 0) is 31.0 Å². The van der Waals surface area contributed by atoms with Gasteiger partial charge in [0.2, 0.25) is 16.0 Å². The molecular weight excluding hydrogens is 446 g/mol. The lowest BCUT2D eigenvalue weighted by Gasteiger charge is -2.34. The van der Waals surface area contributed by atoms with E-state index in [9.17, 15) is 18.0 Å². The van der Waals surface area contributed by atoms with Crippen LogP contribution < -0.4 is 4.90 Å². The topological polar surface area (TPSA) is 113 Å². The van der Waals surface area contributed by atoms with Gasteiger partial charge in [-0.1, -0.05) is 18.2 Å². The number of carbonyl (C=O) groups is 2. The van der Waals surface area contributed by atoms with Crippen LogP contribution in [0.5, 0.6) is 0 Å². The van der Waals surface area contributed by atoms with E-state index < -0.39 is 10.0 Å². The number of aromatic nitrogens is 2. The third-order valence-corrected chi connectivity index (χ3v) is 7.89. The minimum Gasteiger partial charge on any atom is -0.455 e. The SMILES string of the molecule is O=C(OCC(=O)N1CCN(S(=O)(=O)c2ccccc2)CC1)C1CCN(c2ncccn2)CC1. The number of sulfonamides is 1. The van der Waals surface area contributed by atoms with Crippen molar-refractivity contribution in [3.05, 3.63) is 48.8 Å². The molecule has 2 saturated heterocycles. The zero-order valence-corrected chi connectivity index (χ0v) is 19.1. The summed E-state index contributed by atoms with van der Waals surface area (Å²) < 4.78 is 32.1. The van der Waals surface area contributed by atoms with Gasteiger partial charge >= 0.3 is 5.97 Å². The number of anilines is 1. The lowest BCUT2D eigenvalue weighted by atomic mass is 9.97. The Morgan fingerprint density at radius 1 is 0.909 bits per heavy atom. The fraction of sp³-hybridized carbons (Fsp3) is 0.455. The van der Waals surface area contributed by atoms with Crippen molar-refractivity contribution in [1.29, 1.82) is 0 Å². The Labute approximate surface area is 193 Å². The number of hydrogen-bond acceptors (Lipinski definition) is 8. The largest absolute Gasteiger partial charge is 0.455 e. The molecule has 0 radical (unpaired) electrons. The Balaban J connectivity index is 1.20. The van der Waals surface area contributed by atoms with Gasteiger partial charge in [0, 0.05) is 51.7 Å². The van der Waals surface area contributed by atoms with Gasteiger partial charge in [-0.2, -0.15) is 4.31 Å². The highest BCUT2D eigenvalue weighted by Gasteiger charge is 2.31. The van der Waals surface area contributed by atoms with E-state index >= 15 is 0 Å². The number of nitrogens with zero attached hydrogens (tertiary/aromatic N) is 5. The molecule has 0 spiro atoms. The number of piperidine rings is 1. The van der Waals surface area contributed by atoms with Crippen LogP contribution in [0.1, 0.15) is 12.8 Å². The van der Waals surface area contributed by atoms with Crippen molar-refractivity contribution in [2.45, 2.75) is 17.7 Å². The maximum Gasteiger partial charge on any atom is 0.309 e. The van der Waals surface area contributed by atoms with Gasteiger partial charge in [0.15, 0.2) is 6.61 Å². The van der Waals surface area contributed by atoms with Crippen LogP contribution in [0.4, 0.5) is 5.95 Å². The number of carbonyl (C=O) groups excluding carboxylic acids is 2. The third-order valence-electron chi connectivity index (χ3n) is 5.97. The molecule has 0 atom stereocenters. The Bertz CT molecular complexity index is 1050. The lowest BCUT2D eigenvalue weighted by Crippen LogP contribution is -2.51. The summed E-state index contributed by atoms with van der Waals surface area (Å²) in [5.74, 6) is -0.295. The Hall–Kier alpha value is -3.05. The predicted octanol–water partition coefficient (Wildman–Crippen LogP) is 0.769. The summed E-state index contributed by atoms with van der Waals surface area (Å²) >= 11 is 0. The second kappa shape index (κ2) is 10.3. The quantitative estimate of drug-likeness (QED) is 0.566. The van der Waals surface area contributed by atoms with Gasteiger partial charge in [0.1, 0.15) is 0 Å². The molecule has 0 N–H and O–H groups in total. The van der Waals surface area contributed by atoms with E-state index in [0.29, 0.717) is 31.9 Å². The fourth-order valence-corrected chi connectivity index (χ4v) is 5.47. The predicted molar refractivity (Wildman–Crippen MR) is 120 cm³/mol. The summed E-state index contributed by atoms with van der Waals surface area (Å²) in [7, 11) is -3.58. The van der Waals surface area contributed by atoms with Crippen molar-refractivity contribution in [3.63, 3.8) is 0 Å². The molecule has 2 aliphatic rings. The van der Waals surface area contributed by atoms with E-state index in [-0.39, 0.29) is 55.5 Å². The van der Waals surface area contributed by atoms with Crippen molar-refractivity contribution >= 4 is 27.8 Å². The molecule has 0 bridgehead atoms. The second-order valence-electron chi connectivity index (χ2n) is 8.02. The van der Waals surface area contributed by atoms with E-state index in [4.69, 9.17) is 4.74 Å². The molecule has 0 aliphatic carbocycles. The summed E-state index contributed by atoms with van der Waals surface area (Å²) in [5.41, 5.74) is 0. The number of benzene rings is 1. The first-order chi connectivity index (χ1) is 15.9. The molecule has 2 aliphatic heterocycles. The number of ether oxygens (including phenoxy) is 1. The van der Waals surface area contributed by atoms with Gasteiger partial charge in [0.05, 0.1) is 10.8 Å². The maximum atomic E-state index is 12.7. The van der Waals surface area contributed by atoms with Gasteiger partial charge in [-0.15, -0.1) is 0 Å². The van der Waals surface area contributed by atoms with Gasteiger partial charge in [-0.3, -0.25) is 9.59 Å². The molecule has 11 heteroatoms. The molecule has 0 unspecified atom stereocenters. The number of amides is 1. The first-order valence-electron chi connectivity index (χ1n) is 11.0. The van der Waals surface area contributed by atoms with Crippen molar-refractivity contribution < 1.29 is 22.7 Å². The summed E-state index contributed by atoms with van der Waals surface area (Å²) in [4.78, 5) is 37.2. The maximum absolute atomic E-state index is 12.7. The zero-order valence-electron chi connectivity index (χ0n) is 18.2. The van der Waals surface area contributed by atoms with Crippen LogP contribution in [0.15, 0.2) is 53.7 Å². The van der Waals surface area contributed by atoms with E-state index in [1.54, 1.807) is 53.7 Å². The first-order valence-corrected chi connectivity index (χ1v) is 12.4. The molecule has 2 aromatic rings. The van der Waals surface area contributed by atoms with Crippen LogP contribution in [0, 0.1) is 5.92 Å². The Morgan fingerprint density at radius 2 is 1.55 bits per heavy atom. The van der Waals surface area contributed by atoms with Crippen LogP contribution in [0.3, 0.4) is 0 Å². The summed E-state index contributed by atoms with van der Waals surface area (Å²) in [6, 6.07) is 10.00. The van der Waals surface area contributed by atoms with Crippen molar-refractivity contribution in [3.8, 4) is 0 Å². The summed E-state index contributed by atoms with van der Waals surface area (Å²) in [6.45, 7) is 1.90. The van der Waals surface area contributed by atoms with E-state index in [0.717, 1.165) is 0 Å². The molecule has 0 saturated carbocycles. The molecule has 4 rings (SSSR count). The number of piperazine rings is 1. The van der Waals surface area contributed by atoms with Gasteiger partial charge in [-0.25, -0.2) is 18.4 Å². The average Bonchev–Trinajstić information content (AvgIpc) is 2.88. The van der Waals surface area contributed by atoms with Gasteiger partial charge in [0.25, 0.3) is 5.91 Å². The molecule has 1 aromatic carbocycles. The molecule has 10 nitrogen and oxygen atoms in total. The molecule has 1 amide bonds. The summed E-state index contributed by atoms with van der Waals surface area (Å²) in [6.07, 6.45) is 4.60. The highest BCUT2D eigenvalue weighted by atomic mass is 32.2. The molecule has 3 heterocycles. The van der Waals surface area contributed by atoms with Gasteiger partial charge < -0.3 is 14.5 Å². The van der Waals surface area contributed by atoms with Crippen LogP contribution in [0.25, 0.3) is 0 Å². The second-order valence-corrected chi connectivity index (χ2v) is 9.95. The van der Waals surface area contributed by atoms with Crippen molar-refractivity contribution in [2.75, 3.05) is 50.8 Å². The van der Waals surface area contributed by atoms with E-state index in [2.05, 4.69) is 9.97 Å². The molecule has 176 valence electrons. The third kappa shape index (κ3) is 5.48. The van der Waals surface area contributed by atoms with E-state index in [1.807, 2.05) is 4.90 Å². The highest BCUT2D eigenvalue weighted by Crippen LogP contribution is 2.22. The fourth-order valence-electron chi connectivity index (χ4n) is 4.03. The molecule has 33 heavy (non-hydrogen) atoms. The monoisotopic (exact) mass is 473 g/mol. The van der Waals surface area contributed by atoms with Crippen LogP contribution in [0.2, 0.25) is 0 Å². The van der Waals surface area contributed by atoms with Crippen molar-refractivity contribution in [1.82, 2.24) is 19.2 Å². The molecule has 1 aromatic heterocycles. The van der Waals surface area contributed by atoms with Crippen LogP contribution in [-0.2, 0) is 24.3 Å². The standard InChI is InChI=1S/C22H27N5O5S/c28-20(25-13-15-27(16-14-25)33(30,31)19-5-2-1-3-6-19)17-32-21(29)18-7-11-26(12-8-18)22-23-9-4-10-24-22/h1-6,9-10,18H,7-8,11-17H2. The molecule has 2 fully saturated rings. The molecular formula is C22H27N5O5S. The number of hydrogen-bond donors (Lipinski definition) is 0. The Kier molecular flexibility index (Phi) is 7.19. The smallest absolute Gasteiger partial charge is 0.309 e. The van der Waals surface area contributed by atoms with E-state index in [1.165, 1.54) is 4.31 Å². The lowest BCUT2D eigenvalue weighted by molar-refractivity contribution is -0.156. The van der Waals surface area contributed by atoms with Crippen molar-refractivity contribution in [2.24, 2.45) is 5.92 Å². The number of esters is 1. The zero-order chi connectivity index (χ0) is 23.3. The number of rotatable bonds is 6. The van der Waals surface area contributed by atoms with Crippen LogP contribution >= 0.6 is 0 Å². The van der Waals surface area contributed by atoms with Crippen LogP contribution in [-0.4, -0.2) is 85.3 Å². The minimum absolute atomic E-state index is 0.205. The Morgan fingerprint density at radius 3 is 2.18 bits per heavy atom. The normalized spacial score (nSPS) is 18.2. The first kappa shape index (κ1) is 23.1. The highest BCUT2D eigenvalue weighted by molar-refractivity contribution is 7.89. The minimum atomic E-state index is -3.58. The average molecular weight is 474 g/mol.